The molecular weight excluding hydrogens is 264 g/mol. The van der Waals surface area contributed by atoms with Crippen molar-refractivity contribution in [2.45, 2.75) is 31.5 Å². The molecule has 0 unspecified atom stereocenters. The van der Waals surface area contributed by atoms with Gasteiger partial charge in [0.25, 0.3) is 0 Å². The first kappa shape index (κ1) is 16.0. The number of rotatable bonds is 9. The van der Waals surface area contributed by atoms with Crippen LogP contribution in [-0.4, -0.2) is 36.3 Å². The van der Waals surface area contributed by atoms with E-state index in [1.54, 1.807) is 11.8 Å². The number of hydrogen-bond acceptors (Lipinski definition) is 4. The maximum Gasteiger partial charge on any atom is 0.307 e. The van der Waals surface area contributed by atoms with Crippen LogP contribution in [0.1, 0.15) is 19.4 Å². The predicted octanol–water partition coefficient (Wildman–Crippen LogP) is 2.80. The van der Waals surface area contributed by atoms with E-state index in [0.717, 1.165) is 16.2 Å². The Morgan fingerprint density at radius 2 is 1.79 bits per heavy atom. The first-order chi connectivity index (χ1) is 9.15. The molecule has 0 aliphatic heterocycles. The number of aliphatic carboxylic acids is 1. The molecule has 0 amide bonds. The van der Waals surface area contributed by atoms with E-state index in [4.69, 9.17) is 14.6 Å². The summed E-state index contributed by atoms with van der Waals surface area (Å²) in [4.78, 5) is 11.7. The minimum atomic E-state index is -0.812. The second-order valence-electron chi connectivity index (χ2n) is 3.87. The molecule has 0 aliphatic carbocycles. The molecule has 0 saturated carbocycles. The molecule has 4 nitrogen and oxygen atoms in total. The topological polar surface area (TPSA) is 55.8 Å². The number of carboxylic acid groups (broad SMARTS) is 1. The smallest absolute Gasteiger partial charge is 0.307 e. The number of benzene rings is 1. The zero-order chi connectivity index (χ0) is 14.1. The van der Waals surface area contributed by atoms with E-state index in [-0.39, 0.29) is 12.7 Å². The van der Waals surface area contributed by atoms with Gasteiger partial charge < -0.3 is 14.6 Å². The van der Waals surface area contributed by atoms with Gasteiger partial charge in [-0.2, -0.15) is 0 Å². The average molecular weight is 284 g/mol. The van der Waals surface area contributed by atoms with E-state index in [0.29, 0.717) is 13.2 Å². The molecule has 1 aromatic carbocycles. The third kappa shape index (κ3) is 6.61. The molecule has 106 valence electrons. The van der Waals surface area contributed by atoms with Gasteiger partial charge in [-0.1, -0.05) is 12.1 Å². The van der Waals surface area contributed by atoms with Crippen molar-refractivity contribution in [1.29, 1.82) is 0 Å². The van der Waals surface area contributed by atoms with Gasteiger partial charge >= 0.3 is 5.97 Å². The SMILES string of the molecule is CCOC(CSc1ccc(CC(=O)O)cc1)OCC. The maximum absolute atomic E-state index is 10.6. The summed E-state index contributed by atoms with van der Waals surface area (Å²) in [5, 5.41) is 8.69. The van der Waals surface area contributed by atoms with Crippen LogP contribution >= 0.6 is 11.8 Å². The molecule has 0 radical (unpaired) electrons. The lowest BCUT2D eigenvalue weighted by Crippen LogP contribution is -2.19. The summed E-state index contributed by atoms with van der Waals surface area (Å²) in [5.41, 5.74) is 0.808. The zero-order valence-corrected chi connectivity index (χ0v) is 12.1. The fourth-order valence-electron chi connectivity index (χ4n) is 1.56. The third-order valence-electron chi connectivity index (χ3n) is 2.37. The van der Waals surface area contributed by atoms with Crippen molar-refractivity contribution in [2.24, 2.45) is 0 Å². The van der Waals surface area contributed by atoms with Crippen LogP contribution in [0.2, 0.25) is 0 Å². The number of thioether (sulfide) groups is 1. The van der Waals surface area contributed by atoms with Crippen LogP contribution in [0.15, 0.2) is 29.2 Å². The van der Waals surface area contributed by atoms with Crippen molar-refractivity contribution in [2.75, 3.05) is 19.0 Å². The molecule has 0 aromatic heterocycles. The second-order valence-corrected chi connectivity index (χ2v) is 4.96. The molecule has 0 aliphatic rings. The van der Waals surface area contributed by atoms with Gasteiger partial charge in [-0.25, -0.2) is 0 Å². The van der Waals surface area contributed by atoms with Crippen molar-refractivity contribution < 1.29 is 19.4 Å². The molecule has 1 rings (SSSR count). The first-order valence-electron chi connectivity index (χ1n) is 6.32. The van der Waals surface area contributed by atoms with Gasteiger partial charge in [0, 0.05) is 23.9 Å². The van der Waals surface area contributed by atoms with Crippen molar-refractivity contribution in [1.82, 2.24) is 0 Å². The summed E-state index contributed by atoms with van der Waals surface area (Å²) in [5.74, 6) is -0.0897. The van der Waals surface area contributed by atoms with Crippen LogP contribution in [0.4, 0.5) is 0 Å². The van der Waals surface area contributed by atoms with Gasteiger partial charge in [0.1, 0.15) is 0 Å². The van der Waals surface area contributed by atoms with Crippen molar-refractivity contribution >= 4 is 17.7 Å². The molecule has 0 spiro atoms. The Bertz CT molecular complexity index is 372. The Labute approximate surface area is 118 Å². The Morgan fingerprint density at radius 1 is 1.21 bits per heavy atom. The Morgan fingerprint density at radius 3 is 2.26 bits per heavy atom. The predicted molar refractivity (Wildman–Crippen MR) is 75.5 cm³/mol. The number of hydrogen-bond donors (Lipinski definition) is 1. The molecule has 5 heteroatoms. The Balaban J connectivity index is 2.45. The lowest BCUT2D eigenvalue weighted by molar-refractivity contribution is -0.136. The molecule has 1 N–H and O–H groups in total. The van der Waals surface area contributed by atoms with Gasteiger partial charge in [-0.3, -0.25) is 4.79 Å². The monoisotopic (exact) mass is 284 g/mol. The largest absolute Gasteiger partial charge is 0.481 e. The third-order valence-corrected chi connectivity index (χ3v) is 3.41. The Hall–Kier alpha value is -1.04. The van der Waals surface area contributed by atoms with Gasteiger partial charge in [0.2, 0.25) is 0 Å². The summed E-state index contributed by atoms with van der Waals surface area (Å²) in [7, 11) is 0. The maximum atomic E-state index is 10.6. The zero-order valence-electron chi connectivity index (χ0n) is 11.3. The molecule has 1 aromatic rings. The number of ether oxygens (including phenoxy) is 2. The van der Waals surface area contributed by atoms with Gasteiger partial charge in [-0.05, 0) is 31.5 Å². The quantitative estimate of drug-likeness (QED) is 0.558. The van der Waals surface area contributed by atoms with Crippen molar-refractivity contribution in [3.05, 3.63) is 29.8 Å². The van der Waals surface area contributed by atoms with E-state index in [2.05, 4.69) is 0 Å². The summed E-state index contributed by atoms with van der Waals surface area (Å²) in [6.07, 6.45) is -0.135. The molecular formula is C14H20O4S. The molecule has 19 heavy (non-hydrogen) atoms. The minimum absolute atomic E-state index is 0.0610. The molecule has 0 fully saturated rings. The highest BCUT2D eigenvalue weighted by Crippen LogP contribution is 2.20. The standard InChI is InChI=1S/C14H20O4S/c1-3-17-14(18-4-2)10-19-12-7-5-11(6-8-12)9-13(15)16/h5-8,14H,3-4,9-10H2,1-2H3,(H,15,16). The molecule has 0 heterocycles. The number of carboxylic acids is 1. The van der Waals surface area contributed by atoms with E-state index < -0.39 is 5.97 Å². The number of carbonyl (C=O) groups is 1. The van der Waals surface area contributed by atoms with E-state index in [1.165, 1.54) is 0 Å². The van der Waals surface area contributed by atoms with Crippen LogP contribution in [-0.2, 0) is 20.7 Å². The van der Waals surface area contributed by atoms with Gasteiger partial charge in [0.15, 0.2) is 6.29 Å². The summed E-state index contributed by atoms with van der Waals surface area (Å²) in [6, 6.07) is 7.54. The van der Waals surface area contributed by atoms with E-state index in [1.807, 2.05) is 38.1 Å². The highest BCUT2D eigenvalue weighted by Gasteiger charge is 2.08. The summed E-state index contributed by atoms with van der Waals surface area (Å²) in [6.45, 7) is 5.14. The van der Waals surface area contributed by atoms with E-state index in [9.17, 15) is 4.79 Å². The fraction of sp³-hybridized carbons (Fsp3) is 0.500. The second kappa shape index (κ2) is 8.96. The summed E-state index contributed by atoms with van der Waals surface area (Å²) >= 11 is 1.64. The molecule has 0 atom stereocenters. The minimum Gasteiger partial charge on any atom is -0.481 e. The molecule has 0 bridgehead atoms. The van der Waals surface area contributed by atoms with E-state index >= 15 is 0 Å². The molecule has 0 saturated heterocycles. The lowest BCUT2D eigenvalue weighted by Gasteiger charge is -2.16. The van der Waals surface area contributed by atoms with Gasteiger partial charge in [-0.15, -0.1) is 11.8 Å². The highest BCUT2D eigenvalue weighted by atomic mass is 32.2. The first-order valence-corrected chi connectivity index (χ1v) is 7.31. The fourth-order valence-corrected chi connectivity index (χ4v) is 2.41. The highest BCUT2D eigenvalue weighted by molar-refractivity contribution is 7.99. The summed E-state index contributed by atoms with van der Waals surface area (Å²) < 4.78 is 10.9. The van der Waals surface area contributed by atoms with Crippen LogP contribution in [0.25, 0.3) is 0 Å². The van der Waals surface area contributed by atoms with Crippen LogP contribution < -0.4 is 0 Å². The van der Waals surface area contributed by atoms with Crippen LogP contribution in [0, 0.1) is 0 Å². The van der Waals surface area contributed by atoms with Crippen LogP contribution in [0.3, 0.4) is 0 Å². The lowest BCUT2D eigenvalue weighted by atomic mass is 10.2. The average Bonchev–Trinajstić information content (AvgIpc) is 2.37. The van der Waals surface area contributed by atoms with Crippen molar-refractivity contribution in [3.8, 4) is 0 Å². The Kier molecular flexibility index (Phi) is 7.55. The van der Waals surface area contributed by atoms with Crippen molar-refractivity contribution in [3.63, 3.8) is 0 Å². The normalized spacial score (nSPS) is 10.9. The van der Waals surface area contributed by atoms with Crippen LogP contribution in [0.5, 0.6) is 0 Å². The van der Waals surface area contributed by atoms with Gasteiger partial charge in [0.05, 0.1) is 6.42 Å².